The zero-order valence-corrected chi connectivity index (χ0v) is 3.85. The van der Waals surface area contributed by atoms with Crippen LogP contribution in [-0.4, -0.2) is 42.5 Å². The second kappa shape index (κ2) is 10.0. The van der Waals surface area contributed by atoms with Crippen LogP contribution in [0.4, 0.5) is 0 Å². The molecule has 0 unspecified atom stereocenters. The van der Waals surface area contributed by atoms with E-state index in [0.29, 0.717) is 19.4 Å². The van der Waals surface area contributed by atoms with E-state index in [-0.39, 0.29) is 29.6 Å². The first-order valence-corrected chi connectivity index (χ1v) is 1.96. The molecular formula is C4H7N2NaO. The minimum atomic E-state index is 0. The fourth-order valence-corrected chi connectivity index (χ4v) is 0.187. The zero-order chi connectivity index (χ0) is 5.54. The number of nitriles is 1. The Hall–Kier alpha value is -0.0400. The summed E-state index contributed by atoms with van der Waals surface area (Å²) in [5.74, 6) is 0. The Labute approximate surface area is 70.4 Å². The summed E-state index contributed by atoms with van der Waals surface area (Å²) >= 11 is 0. The van der Waals surface area contributed by atoms with Crippen LogP contribution >= 0.6 is 0 Å². The molecule has 4 heteroatoms. The van der Waals surface area contributed by atoms with E-state index in [2.05, 4.69) is 5.32 Å². The summed E-state index contributed by atoms with van der Waals surface area (Å²) in [5.41, 5.74) is 0. The fraction of sp³-hybridized carbons (Fsp3) is 0.500. The molecule has 8 heavy (non-hydrogen) atoms. The molecule has 3 nitrogen and oxygen atoms in total. The Kier molecular flexibility index (Phi) is 13.6. The van der Waals surface area contributed by atoms with E-state index in [0.717, 1.165) is 0 Å². The molecule has 0 saturated carbocycles. The van der Waals surface area contributed by atoms with E-state index in [1.54, 1.807) is 0 Å². The minimum absolute atomic E-state index is 0. The number of amides is 1. The van der Waals surface area contributed by atoms with Crippen LogP contribution in [0.3, 0.4) is 0 Å². The summed E-state index contributed by atoms with van der Waals surface area (Å²) in [5, 5.41) is 10.2. The van der Waals surface area contributed by atoms with Crippen molar-refractivity contribution >= 4 is 36.0 Å². The Bertz CT molecular complexity index is 88.5. The normalized spacial score (nSPS) is 5.88. The molecule has 0 aromatic rings. The summed E-state index contributed by atoms with van der Waals surface area (Å²) in [4.78, 5) is 9.46. The molecule has 0 saturated heterocycles. The molecular weight excluding hydrogens is 115 g/mol. The quantitative estimate of drug-likeness (QED) is 0.296. The van der Waals surface area contributed by atoms with Gasteiger partial charge in [-0.2, -0.15) is 5.26 Å². The van der Waals surface area contributed by atoms with E-state index in [4.69, 9.17) is 5.26 Å². The Morgan fingerprint density at radius 1 is 1.75 bits per heavy atom. The monoisotopic (exact) mass is 122 g/mol. The average Bonchev–Trinajstić information content (AvgIpc) is 1.69. The first-order valence-electron chi connectivity index (χ1n) is 1.96. The van der Waals surface area contributed by atoms with E-state index >= 15 is 0 Å². The van der Waals surface area contributed by atoms with Crippen molar-refractivity contribution in [2.75, 3.05) is 6.54 Å². The van der Waals surface area contributed by atoms with Gasteiger partial charge in [-0.05, 0) is 0 Å². The number of carbonyl (C=O) groups is 1. The van der Waals surface area contributed by atoms with Gasteiger partial charge in [0.25, 0.3) is 0 Å². The number of hydrogen-bond donors (Lipinski definition) is 1. The second-order valence-electron chi connectivity index (χ2n) is 0.980. The molecule has 0 aromatic heterocycles. The molecule has 0 spiro atoms. The molecule has 0 heterocycles. The van der Waals surface area contributed by atoms with Crippen molar-refractivity contribution in [2.24, 2.45) is 0 Å². The van der Waals surface area contributed by atoms with E-state index in [1.807, 2.05) is 6.07 Å². The van der Waals surface area contributed by atoms with Crippen LogP contribution in [-0.2, 0) is 4.79 Å². The maximum absolute atomic E-state index is 9.46. The molecule has 0 aliphatic rings. The van der Waals surface area contributed by atoms with E-state index in [9.17, 15) is 4.79 Å². The van der Waals surface area contributed by atoms with Gasteiger partial charge >= 0.3 is 29.6 Å². The molecule has 1 amide bonds. The van der Waals surface area contributed by atoms with Gasteiger partial charge in [-0.25, -0.2) is 0 Å². The van der Waals surface area contributed by atoms with Crippen molar-refractivity contribution in [2.45, 2.75) is 6.42 Å². The second-order valence-corrected chi connectivity index (χ2v) is 0.980. The number of hydrogen-bond acceptors (Lipinski definition) is 2. The molecule has 0 aliphatic heterocycles. The maximum atomic E-state index is 9.46. The first kappa shape index (κ1) is 10.9. The van der Waals surface area contributed by atoms with Gasteiger partial charge in [-0.15, -0.1) is 0 Å². The molecule has 0 fully saturated rings. The summed E-state index contributed by atoms with van der Waals surface area (Å²) in [7, 11) is 0. The predicted octanol–water partition coefficient (Wildman–Crippen LogP) is -1.00. The Morgan fingerprint density at radius 2 is 2.38 bits per heavy atom. The number of rotatable bonds is 3. The Morgan fingerprint density at radius 3 is 2.75 bits per heavy atom. The van der Waals surface area contributed by atoms with Gasteiger partial charge in [0.15, 0.2) is 0 Å². The molecule has 0 aromatic carbocycles. The summed E-state index contributed by atoms with van der Waals surface area (Å²) < 4.78 is 0. The predicted molar refractivity (Wildman–Crippen MR) is 31.4 cm³/mol. The molecule has 0 aliphatic carbocycles. The van der Waals surface area contributed by atoms with Crippen LogP contribution in [0.5, 0.6) is 0 Å². The SMILES string of the molecule is N#CCCNC=O.[NaH]. The molecule has 0 rings (SSSR count). The molecule has 0 bridgehead atoms. The van der Waals surface area contributed by atoms with Gasteiger partial charge in [0.2, 0.25) is 6.41 Å². The fourth-order valence-electron chi connectivity index (χ4n) is 0.187. The molecule has 0 radical (unpaired) electrons. The number of nitrogens with one attached hydrogen (secondary N) is 1. The number of carbonyl (C=O) groups excluding carboxylic acids is 1. The van der Waals surface area contributed by atoms with E-state index < -0.39 is 0 Å². The van der Waals surface area contributed by atoms with Gasteiger partial charge in [0.1, 0.15) is 0 Å². The molecule has 40 valence electrons. The molecule has 1 N–H and O–H groups in total. The van der Waals surface area contributed by atoms with Crippen molar-refractivity contribution < 1.29 is 4.79 Å². The average molecular weight is 122 g/mol. The van der Waals surface area contributed by atoms with Crippen LogP contribution in [0, 0.1) is 11.3 Å². The van der Waals surface area contributed by atoms with Crippen LogP contribution in [0.15, 0.2) is 0 Å². The summed E-state index contributed by atoms with van der Waals surface area (Å²) in [6, 6.07) is 1.88. The van der Waals surface area contributed by atoms with E-state index in [1.165, 1.54) is 0 Å². The third-order valence-electron chi connectivity index (χ3n) is 0.464. The van der Waals surface area contributed by atoms with Gasteiger partial charge in [0, 0.05) is 6.54 Å². The molecule has 0 atom stereocenters. The van der Waals surface area contributed by atoms with Gasteiger partial charge in [-0.1, -0.05) is 0 Å². The van der Waals surface area contributed by atoms with Crippen molar-refractivity contribution in [1.29, 1.82) is 5.26 Å². The van der Waals surface area contributed by atoms with Crippen LogP contribution < -0.4 is 5.32 Å². The van der Waals surface area contributed by atoms with Crippen molar-refractivity contribution in [3.63, 3.8) is 0 Å². The number of nitrogens with zero attached hydrogens (tertiary/aromatic N) is 1. The van der Waals surface area contributed by atoms with Crippen LogP contribution in [0.25, 0.3) is 0 Å². The van der Waals surface area contributed by atoms with Crippen molar-refractivity contribution in [1.82, 2.24) is 5.32 Å². The van der Waals surface area contributed by atoms with Gasteiger partial charge in [0.05, 0.1) is 12.5 Å². The van der Waals surface area contributed by atoms with Gasteiger partial charge < -0.3 is 5.32 Å². The topological polar surface area (TPSA) is 52.9 Å². The standard InChI is InChI=1S/C4H6N2O.Na.H/c5-2-1-3-6-4-7;;/h4H,1,3H2,(H,6,7);;. The van der Waals surface area contributed by atoms with Crippen LogP contribution in [0.2, 0.25) is 0 Å². The third-order valence-corrected chi connectivity index (χ3v) is 0.464. The van der Waals surface area contributed by atoms with Crippen molar-refractivity contribution in [3.05, 3.63) is 0 Å². The van der Waals surface area contributed by atoms with Gasteiger partial charge in [-0.3, -0.25) is 4.79 Å². The first-order chi connectivity index (χ1) is 3.41. The summed E-state index contributed by atoms with van der Waals surface area (Å²) in [6.45, 7) is 0.458. The third kappa shape index (κ3) is 9.35. The van der Waals surface area contributed by atoms with Crippen molar-refractivity contribution in [3.8, 4) is 6.07 Å². The Balaban J connectivity index is 0. The zero-order valence-electron chi connectivity index (χ0n) is 3.85. The van der Waals surface area contributed by atoms with Crippen LogP contribution in [0.1, 0.15) is 6.42 Å². The summed E-state index contributed by atoms with van der Waals surface area (Å²) in [6.07, 6.45) is 0.968.